The predicted molar refractivity (Wildman–Crippen MR) is 117 cm³/mol. The summed E-state index contributed by atoms with van der Waals surface area (Å²) in [6, 6.07) is 9.99. The Labute approximate surface area is 181 Å². The van der Waals surface area contributed by atoms with E-state index in [2.05, 4.69) is 5.32 Å². The van der Waals surface area contributed by atoms with E-state index in [-0.39, 0.29) is 34.8 Å². The molecule has 2 aromatic rings. The van der Waals surface area contributed by atoms with E-state index in [0.29, 0.717) is 23.7 Å². The zero-order valence-electron chi connectivity index (χ0n) is 16.7. The fraction of sp³-hybridized carbons (Fsp3) is 0.364. The maximum atomic E-state index is 12.8. The zero-order chi connectivity index (χ0) is 21.5. The number of carbonyl (C=O) groups excluding carboxylic acids is 2. The van der Waals surface area contributed by atoms with Gasteiger partial charge in [-0.1, -0.05) is 11.6 Å². The van der Waals surface area contributed by atoms with Gasteiger partial charge < -0.3 is 10.2 Å². The Morgan fingerprint density at radius 1 is 1.17 bits per heavy atom. The zero-order valence-corrected chi connectivity index (χ0v) is 18.2. The number of rotatable bonds is 6. The molecule has 1 fully saturated rings. The van der Waals surface area contributed by atoms with E-state index < -0.39 is 9.84 Å². The van der Waals surface area contributed by atoms with E-state index in [0.717, 1.165) is 29.7 Å². The summed E-state index contributed by atoms with van der Waals surface area (Å²) in [6.07, 6.45) is 2.38. The number of halogens is 1. The molecule has 0 radical (unpaired) electrons. The van der Waals surface area contributed by atoms with Crippen LogP contribution in [0.2, 0.25) is 5.02 Å². The lowest BCUT2D eigenvalue weighted by atomic mass is 10.2. The van der Waals surface area contributed by atoms with E-state index in [4.69, 9.17) is 11.6 Å². The Balaban J connectivity index is 1.41. The summed E-state index contributed by atoms with van der Waals surface area (Å²) in [4.78, 5) is 26.6. The molecule has 4 rings (SSSR count). The number of nitrogens with zero attached hydrogens (tertiary/aromatic N) is 1. The number of hydrogen-bond donors (Lipinski definition) is 1. The van der Waals surface area contributed by atoms with Gasteiger partial charge in [-0.05, 0) is 73.7 Å². The molecule has 8 heteroatoms. The van der Waals surface area contributed by atoms with Crippen molar-refractivity contribution in [1.29, 1.82) is 0 Å². The van der Waals surface area contributed by atoms with Crippen LogP contribution in [0.4, 0.5) is 11.4 Å². The largest absolute Gasteiger partial charge is 0.326 e. The second kappa shape index (κ2) is 8.04. The second-order valence-corrected chi connectivity index (χ2v) is 10.4. The van der Waals surface area contributed by atoms with Crippen molar-refractivity contribution in [2.45, 2.75) is 37.5 Å². The number of carbonyl (C=O) groups is 2. The number of anilines is 2. The third kappa shape index (κ3) is 4.37. The minimum atomic E-state index is -3.61. The third-order valence-corrected chi connectivity index (χ3v) is 7.51. The van der Waals surface area contributed by atoms with Gasteiger partial charge in [-0.2, -0.15) is 0 Å². The Morgan fingerprint density at radius 3 is 2.63 bits per heavy atom. The van der Waals surface area contributed by atoms with E-state index in [1.54, 1.807) is 35.2 Å². The van der Waals surface area contributed by atoms with E-state index in [9.17, 15) is 18.0 Å². The van der Waals surface area contributed by atoms with Gasteiger partial charge in [-0.15, -0.1) is 0 Å². The molecule has 6 nitrogen and oxygen atoms in total. The lowest BCUT2D eigenvalue weighted by Gasteiger charge is -2.17. The van der Waals surface area contributed by atoms with Crippen LogP contribution in [0.1, 0.15) is 30.4 Å². The molecule has 158 valence electrons. The number of amides is 2. The minimum absolute atomic E-state index is 0.127. The smallest absolute Gasteiger partial charge is 0.230 e. The number of nitrogens with one attached hydrogen (secondary N) is 1. The van der Waals surface area contributed by atoms with Crippen LogP contribution in [0.25, 0.3) is 0 Å². The Morgan fingerprint density at radius 2 is 1.93 bits per heavy atom. The van der Waals surface area contributed by atoms with Gasteiger partial charge in [0.2, 0.25) is 11.8 Å². The van der Waals surface area contributed by atoms with Gasteiger partial charge in [0.05, 0.1) is 10.6 Å². The minimum Gasteiger partial charge on any atom is -0.326 e. The summed E-state index contributed by atoms with van der Waals surface area (Å²) in [5, 5.41) is 3.30. The third-order valence-electron chi connectivity index (χ3n) is 5.56. The maximum Gasteiger partial charge on any atom is 0.230 e. The molecule has 0 aromatic heterocycles. The lowest BCUT2D eigenvalue weighted by Crippen LogP contribution is -2.30. The molecule has 1 aliphatic carbocycles. The molecule has 1 heterocycles. The number of aryl methyl sites for hydroxylation is 1. The van der Waals surface area contributed by atoms with Gasteiger partial charge in [-0.3, -0.25) is 9.59 Å². The monoisotopic (exact) mass is 446 g/mol. The van der Waals surface area contributed by atoms with Crippen LogP contribution in [-0.2, 0) is 25.8 Å². The van der Waals surface area contributed by atoms with Crippen LogP contribution in [0.5, 0.6) is 0 Å². The molecule has 1 N–H and O–H groups in total. The molecule has 0 bridgehead atoms. The van der Waals surface area contributed by atoms with E-state index >= 15 is 0 Å². The van der Waals surface area contributed by atoms with Crippen molar-refractivity contribution in [1.82, 2.24) is 0 Å². The standard InChI is InChI=1S/C22H23ClN2O4S/c1-14-12-17(23)4-6-19(14)24-21(26)9-11-30(28,29)18-5-7-20-16(13-18)8-10-25(20)22(27)15-2-3-15/h4-7,12-13,15H,2-3,8-11H2,1H3,(H,24,26). The first kappa shape index (κ1) is 20.9. The molecule has 1 aliphatic heterocycles. The highest BCUT2D eigenvalue weighted by molar-refractivity contribution is 7.91. The topological polar surface area (TPSA) is 83.6 Å². The van der Waals surface area contributed by atoms with Crippen molar-refractivity contribution in [2.75, 3.05) is 22.5 Å². The summed E-state index contributed by atoms with van der Waals surface area (Å²) in [6.45, 7) is 2.41. The van der Waals surface area contributed by atoms with Crippen molar-refractivity contribution in [2.24, 2.45) is 5.92 Å². The number of hydrogen-bond acceptors (Lipinski definition) is 4. The molecule has 0 saturated heterocycles. The highest BCUT2D eigenvalue weighted by Gasteiger charge is 2.36. The Bertz CT molecular complexity index is 1130. The summed E-state index contributed by atoms with van der Waals surface area (Å²) in [5.41, 5.74) is 3.09. The Hall–Kier alpha value is -2.38. The highest BCUT2D eigenvalue weighted by atomic mass is 35.5. The number of benzene rings is 2. The first-order valence-corrected chi connectivity index (χ1v) is 12.0. The van der Waals surface area contributed by atoms with E-state index in [1.807, 2.05) is 6.92 Å². The molecular formula is C22H23ClN2O4S. The van der Waals surface area contributed by atoms with Crippen LogP contribution in [-0.4, -0.2) is 32.5 Å². The fourth-order valence-electron chi connectivity index (χ4n) is 3.68. The van der Waals surface area contributed by atoms with Crippen LogP contribution in [0, 0.1) is 12.8 Å². The molecular weight excluding hydrogens is 424 g/mol. The van der Waals surface area contributed by atoms with Crippen LogP contribution < -0.4 is 10.2 Å². The maximum absolute atomic E-state index is 12.8. The lowest BCUT2D eigenvalue weighted by molar-refractivity contribution is -0.119. The van der Waals surface area contributed by atoms with Gasteiger partial charge in [0.25, 0.3) is 0 Å². The van der Waals surface area contributed by atoms with Crippen molar-refractivity contribution in [3.05, 3.63) is 52.5 Å². The SMILES string of the molecule is Cc1cc(Cl)ccc1NC(=O)CCS(=O)(=O)c1ccc2c(c1)CCN2C(=O)C1CC1. The summed E-state index contributed by atoms with van der Waals surface area (Å²) >= 11 is 5.91. The summed E-state index contributed by atoms with van der Waals surface area (Å²) < 4.78 is 25.5. The summed E-state index contributed by atoms with van der Waals surface area (Å²) in [5.74, 6) is -0.387. The average Bonchev–Trinajstić information content (AvgIpc) is 3.47. The second-order valence-electron chi connectivity index (χ2n) is 7.88. The van der Waals surface area contributed by atoms with Gasteiger partial charge >= 0.3 is 0 Å². The van der Waals surface area contributed by atoms with Gasteiger partial charge in [0, 0.05) is 35.3 Å². The first-order valence-electron chi connectivity index (χ1n) is 9.98. The number of fused-ring (bicyclic) bond motifs is 1. The first-order chi connectivity index (χ1) is 14.2. The van der Waals surface area contributed by atoms with Gasteiger partial charge in [0.15, 0.2) is 9.84 Å². The van der Waals surface area contributed by atoms with Crippen molar-refractivity contribution < 1.29 is 18.0 Å². The predicted octanol–water partition coefficient (Wildman–Crippen LogP) is 3.75. The van der Waals surface area contributed by atoms with Crippen molar-refractivity contribution >= 4 is 44.6 Å². The van der Waals surface area contributed by atoms with Crippen molar-refractivity contribution in [3.63, 3.8) is 0 Å². The average molecular weight is 447 g/mol. The summed E-state index contributed by atoms with van der Waals surface area (Å²) in [7, 11) is -3.61. The fourth-order valence-corrected chi connectivity index (χ4v) is 5.19. The van der Waals surface area contributed by atoms with Gasteiger partial charge in [0.1, 0.15) is 0 Å². The quantitative estimate of drug-likeness (QED) is 0.732. The molecule has 2 aromatic carbocycles. The normalized spacial score (nSPS) is 15.7. The molecule has 2 amide bonds. The molecule has 0 atom stereocenters. The number of sulfone groups is 1. The molecule has 30 heavy (non-hydrogen) atoms. The van der Waals surface area contributed by atoms with Crippen LogP contribution in [0.15, 0.2) is 41.3 Å². The highest BCUT2D eigenvalue weighted by Crippen LogP contribution is 2.37. The molecule has 2 aliphatic rings. The molecule has 0 spiro atoms. The molecule has 0 unspecified atom stereocenters. The van der Waals surface area contributed by atoms with Crippen LogP contribution >= 0.6 is 11.6 Å². The van der Waals surface area contributed by atoms with Crippen LogP contribution in [0.3, 0.4) is 0 Å². The van der Waals surface area contributed by atoms with E-state index in [1.165, 1.54) is 6.07 Å². The Kier molecular flexibility index (Phi) is 5.59. The molecule has 1 saturated carbocycles. The van der Waals surface area contributed by atoms with Gasteiger partial charge in [-0.25, -0.2) is 8.42 Å². The van der Waals surface area contributed by atoms with Crippen molar-refractivity contribution in [3.8, 4) is 0 Å².